The van der Waals surface area contributed by atoms with Crippen molar-refractivity contribution in [3.8, 4) is 11.8 Å². The van der Waals surface area contributed by atoms with Gasteiger partial charge in [-0.15, -0.1) is 0 Å². The van der Waals surface area contributed by atoms with Gasteiger partial charge in [0.05, 0.1) is 12.2 Å². The van der Waals surface area contributed by atoms with Gasteiger partial charge in [-0.3, -0.25) is 4.79 Å². The molecule has 1 N–H and O–H groups in total. The molecule has 114 valence electrons. The number of hydrogen-bond donors (Lipinski definition) is 1. The first-order valence-electron chi connectivity index (χ1n) is 7.07. The maximum Gasteiger partial charge on any atom is 0.256 e. The van der Waals surface area contributed by atoms with E-state index in [1.165, 1.54) is 0 Å². The van der Waals surface area contributed by atoms with Gasteiger partial charge >= 0.3 is 0 Å². The highest BCUT2D eigenvalue weighted by Crippen LogP contribution is 2.23. The van der Waals surface area contributed by atoms with E-state index in [0.29, 0.717) is 30.2 Å². The first-order valence-corrected chi connectivity index (χ1v) is 7.07. The Morgan fingerprint density at radius 1 is 1.38 bits per heavy atom. The normalized spacial score (nSPS) is 10.8. The number of nitrogens with zero attached hydrogens (tertiary/aromatic N) is 1. The summed E-state index contributed by atoms with van der Waals surface area (Å²) in [4.78, 5) is 12.1. The van der Waals surface area contributed by atoms with Crippen LogP contribution in [-0.4, -0.2) is 24.7 Å². The number of anilines is 1. The summed E-state index contributed by atoms with van der Waals surface area (Å²) >= 11 is 0. The molecule has 0 unspecified atom stereocenters. The average Bonchev–Trinajstić information content (AvgIpc) is 2.45. The fourth-order valence-corrected chi connectivity index (χ4v) is 1.74. The molecule has 0 aliphatic carbocycles. The van der Waals surface area contributed by atoms with E-state index in [0.717, 1.165) is 6.42 Å². The zero-order valence-electron chi connectivity index (χ0n) is 13.0. The quantitative estimate of drug-likeness (QED) is 0.837. The van der Waals surface area contributed by atoms with E-state index in [2.05, 4.69) is 11.4 Å². The summed E-state index contributed by atoms with van der Waals surface area (Å²) in [6, 6.07) is 7.08. The molecule has 0 saturated carbocycles. The molecule has 5 heteroatoms. The number of rotatable bonds is 7. The predicted molar refractivity (Wildman–Crippen MR) is 81.3 cm³/mol. The summed E-state index contributed by atoms with van der Waals surface area (Å²) in [6.07, 6.45) is 0.867. The molecule has 0 fully saturated rings. The molecular formula is C16H22N2O3. The van der Waals surface area contributed by atoms with Gasteiger partial charge in [-0.1, -0.05) is 6.92 Å². The van der Waals surface area contributed by atoms with Gasteiger partial charge < -0.3 is 14.8 Å². The van der Waals surface area contributed by atoms with Crippen LogP contribution in [0.2, 0.25) is 0 Å². The zero-order chi connectivity index (χ0) is 15.9. The lowest BCUT2D eigenvalue weighted by molar-refractivity contribution is -0.136. The zero-order valence-corrected chi connectivity index (χ0v) is 13.0. The molecule has 1 aromatic carbocycles. The predicted octanol–water partition coefficient (Wildman–Crippen LogP) is 3.10. The maximum atomic E-state index is 12.1. The second-order valence-electron chi connectivity index (χ2n) is 5.07. The van der Waals surface area contributed by atoms with Crippen LogP contribution in [0.1, 0.15) is 39.7 Å². The molecule has 1 amide bonds. The summed E-state index contributed by atoms with van der Waals surface area (Å²) in [5.74, 6) is 0.275. The van der Waals surface area contributed by atoms with Gasteiger partial charge in [0.15, 0.2) is 0 Å². The standard InChI is InChI=1S/C16H22N2O3/c1-5-9-20-14-8-7-13(10-12(14)11-17)18-15(19)16(3,4)21-6-2/h7-8,10H,5-6,9H2,1-4H3,(H,18,19). The van der Waals surface area contributed by atoms with Gasteiger partial charge in [0.1, 0.15) is 17.4 Å². The van der Waals surface area contributed by atoms with Crippen molar-refractivity contribution in [1.82, 2.24) is 0 Å². The van der Waals surface area contributed by atoms with Crippen molar-refractivity contribution in [2.45, 2.75) is 39.7 Å². The van der Waals surface area contributed by atoms with Gasteiger partial charge in [0, 0.05) is 12.3 Å². The van der Waals surface area contributed by atoms with E-state index < -0.39 is 5.60 Å². The second kappa shape index (κ2) is 7.65. The van der Waals surface area contributed by atoms with Crippen LogP contribution in [0.3, 0.4) is 0 Å². The minimum Gasteiger partial charge on any atom is -0.492 e. The third-order valence-corrected chi connectivity index (χ3v) is 2.87. The Balaban J connectivity index is 2.86. The number of benzene rings is 1. The average molecular weight is 290 g/mol. The highest BCUT2D eigenvalue weighted by Gasteiger charge is 2.28. The van der Waals surface area contributed by atoms with Crippen LogP contribution in [-0.2, 0) is 9.53 Å². The number of nitrogens with one attached hydrogen (secondary N) is 1. The molecule has 0 heterocycles. The summed E-state index contributed by atoms with van der Waals surface area (Å²) < 4.78 is 10.9. The van der Waals surface area contributed by atoms with Crippen molar-refractivity contribution in [1.29, 1.82) is 5.26 Å². The first-order chi connectivity index (χ1) is 9.94. The van der Waals surface area contributed by atoms with Crippen molar-refractivity contribution in [2.24, 2.45) is 0 Å². The first kappa shape index (κ1) is 17.0. The summed E-state index contributed by atoms with van der Waals surface area (Å²) in [6.45, 7) is 8.25. The van der Waals surface area contributed by atoms with Crippen LogP contribution in [0.15, 0.2) is 18.2 Å². The third-order valence-electron chi connectivity index (χ3n) is 2.87. The summed E-state index contributed by atoms with van der Waals surface area (Å²) in [5, 5.41) is 11.9. The Hall–Kier alpha value is -2.06. The molecule has 1 rings (SSSR count). The Labute approximate surface area is 125 Å². The number of hydrogen-bond acceptors (Lipinski definition) is 4. The van der Waals surface area contributed by atoms with Crippen molar-refractivity contribution < 1.29 is 14.3 Å². The minimum atomic E-state index is -0.918. The molecule has 0 aliphatic rings. The fraction of sp³-hybridized carbons (Fsp3) is 0.500. The topological polar surface area (TPSA) is 71.3 Å². The lowest BCUT2D eigenvalue weighted by Crippen LogP contribution is -2.39. The van der Waals surface area contributed by atoms with Crippen LogP contribution in [0, 0.1) is 11.3 Å². The molecule has 0 radical (unpaired) electrons. The Kier molecular flexibility index (Phi) is 6.19. The minimum absolute atomic E-state index is 0.254. The Morgan fingerprint density at radius 2 is 2.10 bits per heavy atom. The van der Waals surface area contributed by atoms with Crippen molar-refractivity contribution >= 4 is 11.6 Å². The van der Waals surface area contributed by atoms with Crippen LogP contribution < -0.4 is 10.1 Å². The van der Waals surface area contributed by atoms with Crippen molar-refractivity contribution in [2.75, 3.05) is 18.5 Å². The number of nitriles is 1. The van der Waals surface area contributed by atoms with Crippen LogP contribution in [0.4, 0.5) is 5.69 Å². The molecule has 0 saturated heterocycles. The van der Waals surface area contributed by atoms with Gasteiger partial charge in [-0.2, -0.15) is 5.26 Å². The lowest BCUT2D eigenvalue weighted by Gasteiger charge is -2.23. The van der Waals surface area contributed by atoms with E-state index in [1.54, 1.807) is 32.0 Å². The molecule has 0 spiro atoms. The molecule has 0 aliphatic heterocycles. The van der Waals surface area contributed by atoms with Gasteiger partial charge in [-0.05, 0) is 45.4 Å². The SMILES string of the molecule is CCCOc1ccc(NC(=O)C(C)(C)OCC)cc1C#N. The number of amides is 1. The molecular weight excluding hydrogens is 268 g/mol. The number of carbonyl (C=O) groups is 1. The van der Waals surface area contributed by atoms with Gasteiger partial charge in [0.25, 0.3) is 5.91 Å². The highest BCUT2D eigenvalue weighted by molar-refractivity contribution is 5.96. The number of carbonyl (C=O) groups excluding carboxylic acids is 1. The highest BCUT2D eigenvalue weighted by atomic mass is 16.5. The van der Waals surface area contributed by atoms with Crippen LogP contribution >= 0.6 is 0 Å². The molecule has 21 heavy (non-hydrogen) atoms. The fourth-order valence-electron chi connectivity index (χ4n) is 1.74. The van der Waals surface area contributed by atoms with Crippen LogP contribution in [0.25, 0.3) is 0 Å². The summed E-state index contributed by atoms with van der Waals surface area (Å²) in [7, 11) is 0. The lowest BCUT2D eigenvalue weighted by atomic mass is 10.1. The van der Waals surface area contributed by atoms with E-state index in [1.807, 2.05) is 13.8 Å². The smallest absolute Gasteiger partial charge is 0.256 e. The molecule has 0 aromatic heterocycles. The monoisotopic (exact) mass is 290 g/mol. The Bertz CT molecular complexity index is 533. The molecule has 5 nitrogen and oxygen atoms in total. The third kappa shape index (κ3) is 4.76. The largest absolute Gasteiger partial charge is 0.492 e. The summed E-state index contributed by atoms with van der Waals surface area (Å²) in [5.41, 5.74) is 0.0301. The molecule has 0 bridgehead atoms. The van der Waals surface area contributed by atoms with Crippen molar-refractivity contribution in [3.05, 3.63) is 23.8 Å². The van der Waals surface area contributed by atoms with E-state index in [-0.39, 0.29) is 5.91 Å². The van der Waals surface area contributed by atoms with Gasteiger partial charge in [-0.25, -0.2) is 0 Å². The van der Waals surface area contributed by atoms with Crippen molar-refractivity contribution in [3.63, 3.8) is 0 Å². The van der Waals surface area contributed by atoms with E-state index >= 15 is 0 Å². The second-order valence-corrected chi connectivity index (χ2v) is 5.07. The van der Waals surface area contributed by atoms with E-state index in [4.69, 9.17) is 14.7 Å². The maximum absolute atomic E-state index is 12.1. The van der Waals surface area contributed by atoms with Gasteiger partial charge in [0.2, 0.25) is 0 Å². The molecule has 1 aromatic rings. The number of ether oxygens (including phenoxy) is 2. The van der Waals surface area contributed by atoms with Crippen LogP contribution in [0.5, 0.6) is 5.75 Å². The van der Waals surface area contributed by atoms with E-state index in [9.17, 15) is 4.79 Å². The Morgan fingerprint density at radius 3 is 2.67 bits per heavy atom. The molecule has 0 atom stereocenters.